The summed E-state index contributed by atoms with van der Waals surface area (Å²) in [4.78, 5) is 0. The third kappa shape index (κ3) is 2.81. The van der Waals surface area contributed by atoms with Crippen LogP contribution in [0.25, 0.3) is 0 Å². The molecular formula is C10H16N2O2. The van der Waals surface area contributed by atoms with Gasteiger partial charge in [-0.3, -0.25) is 0 Å². The molecule has 78 valence electrons. The van der Waals surface area contributed by atoms with Gasteiger partial charge in [-0.2, -0.15) is 0 Å². The lowest BCUT2D eigenvalue weighted by molar-refractivity contribution is 0.201. The molecule has 1 aromatic carbocycles. The Morgan fingerprint density at radius 2 is 2.29 bits per heavy atom. The highest BCUT2D eigenvalue weighted by Crippen LogP contribution is 2.24. The standard InChI is InChI=1S/C10H16N2O2/c1-2-12-10-7-8(14-6-5-13)3-4-9(10)11/h3-4,7,12-13H,2,5-6,11H2,1H3. The Labute approximate surface area is 83.7 Å². The van der Waals surface area contributed by atoms with Crippen molar-refractivity contribution < 1.29 is 9.84 Å². The maximum absolute atomic E-state index is 8.59. The topological polar surface area (TPSA) is 67.5 Å². The van der Waals surface area contributed by atoms with E-state index in [0.717, 1.165) is 12.2 Å². The Morgan fingerprint density at radius 3 is 2.93 bits per heavy atom. The summed E-state index contributed by atoms with van der Waals surface area (Å²) < 4.78 is 5.25. The Hall–Kier alpha value is -1.42. The molecule has 0 saturated carbocycles. The third-order valence-corrected chi connectivity index (χ3v) is 1.75. The van der Waals surface area contributed by atoms with Gasteiger partial charge in [0.15, 0.2) is 0 Å². The number of nitrogen functional groups attached to an aromatic ring is 1. The monoisotopic (exact) mass is 196 g/mol. The van der Waals surface area contributed by atoms with Crippen LogP contribution in [-0.4, -0.2) is 24.9 Å². The van der Waals surface area contributed by atoms with Gasteiger partial charge in [-0.1, -0.05) is 0 Å². The Bertz CT molecular complexity index is 289. The lowest BCUT2D eigenvalue weighted by Crippen LogP contribution is -2.04. The zero-order valence-electron chi connectivity index (χ0n) is 8.29. The van der Waals surface area contributed by atoms with Crippen molar-refractivity contribution in [3.63, 3.8) is 0 Å². The molecule has 4 N–H and O–H groups in total. The van der Waals surface area contributed by atoms with Crippen molar-refractivity contribution in [1.29, 1.82) is 0 Å². The van der Waals surface area contributed by atoms with Crippen LogP contribution in [0.5, 0.6) is 5.75 Å². The molecule has 0 spiro atoms. The summed E-state index contributed by atoms with van der Waals surface area (Å²) in [5.41, 5.74) is 7.30. The fraction of sp³-hybridized carbons (Fsp3) is 0.400. The largest absolute Gasteiger partial charge is 0.491 e. The lowest BCUT2D eigenvalue weighted by Gasteiger charge is -2.10. The van der Waals surface area contributed by atoms with Crippen LogP contribution in [0.15, 0.2) is 18.2 Å². The van der Waals surface area contributed by atoms with Gasteiger partial charge in [0.25, 0.3) is 0 Å². The minimum atomic E-state index is 0.0148. The first kappa shape index (κ1) is 10.7. The maximum Gasteiger partial charge on any atom is 0.121 e. The van der Waals surface area contributed by atoms with Crippen molar-refractivity contribution >= 4 is 11.4 Å². The maximum atomic E-state index is 8.59. The van der Waals surface area contributed by atoms with Crippen LogP contribution in [0, 0.1) is 0 Å². The summed E-state index contributed by atoms with van der Waals surface area (Å²) >= 11 is 0. The molecule has 1 aromatic rings. The SMILES string of the molecule is CCNc1cc(OCCO)ccc1N. The van der Waals surface area contributed by atoms with Crippen LogP contribution in [0.4, 0.5) is 11.4 Å². The molecule has 0 aliphatic heterocycles. The number of hydrogen-bond donors (Lipinski definition) is 3. The van der Waals surface area contributed by atoms with E-state index in [-0.39, 0.29) is 6.61 Å². The van der Waals surface area contributed by atoms with Crippen LogP contribution < -0.4 is 15.8 Å². The number of anilines is 2. The van der Waals surface area contributed by atoms with Gasteiger partial charge in [0.1, 0.15) is 12.4 Å². The van der Waals surface area contributed by atoms with Crippen molar-refractivity contribution in [2.45, 2.75) is 6.92 Å². The molecule has 0 fully saturated rings. The van der Waals surface area contributed by atoms with Gasteiger partial charge < -0.3 is 20.9 Å². The zero-order chi connectivity index (χ0) is 10.4. The third-order valence-electron chi connectivity index (χ3n) is 1.75. The molecule has 14 heavy (non-hydrogen) atoms. The van der Waals surface area contributed by atoms with E-state index in [1.165, 1.54) is 0 Å². The zero-order valence-corrected chi connectivity index (χ0v) is 8.29. The molecule has 4 heteroatoms. The van der Waals surface area contributed by atoms with Crippen molar-refractivity contribution in [3.8, 4) is 5.75 Å². The number of aliphatic hydroxyl groups excluding tert-OH is 1. The summed E-state index contributed by atoms with van der Waals surface area (Å²) in [5, 5.41) is 11.7. The predicted octanol–water partition coefficient (Wildman–Crippen LogP) is 1.07. The molecule has 0 aliphatic rings. The number of rotatable bonds is 5. The van der Waals surface area contributed by atoms with Crippen LogP contribution in [0.3, 0.4) is 0 Å². The molecule has 0 radical (unpaired) electrons. The normalized spacial score (nSPS) is 9.86. The van der Waals surface area contributed by atoms with Crippen molar-refractivity contribution in [2.75, 3.05) is 30.8 Å². The minimum Gasteiger partial charge on any atom is -0.491 e. The Balaban J connectivity index is 2.72. The van der Waals surface area contributed by atoms with E-state index < -0.39 is 0 Å². The van der Waals surface area contributed by atoms with Gasteiger partial charge in [0.05, 0.1) is 18.0 Å². The number of benzene rings is 1. The number of aliphatic hydroxyl groups is 1. The Morgan fingerprint density at radius 1 is 1.50 bits per heavy atom. The predicted molar refractivity (Wildman–Crippen MR) is 57.6 cm³/mol. The van der Waals surface area contributed by atoms with E-state index in [1.807, 2.05) is 13.0 Å². The van der Waals surface area contributed by atoms with Gasteiger partial charge in [0.2, 0.25) is 0 Å². The van der Waals surface area contributed by atoms with Gasteiger partial charge in [-0.25, -0.2) is 0 Å². The number of hydrogen-bond acceptors (Lipinski definition) is 4. The van der Waals surface area contributed by atoms with Crippen LogP contribution in [0.1, 0.15) is 6.92 Å². The van der Waals surface area contributed by atoms with Crippen molar-refractivity contribution in [1.82, 2.24) is 0 Å². The molecule has 0 bridgehead atoms. The highest BCUT2D eigenvalue weighted by atomic mass is 16.5. The van der Waals surface area contributed by atoms with Crippen molar-refractivity contribution in [2.24, 2.45) is 0 Å². The molecule has 4 nitrogen and oxygen atoms in total. The second-order valence-electron chi connectivity index (χ2n) is 2.85. The second-order valence-corrected chi connectivity index (χ2v) is 2.85. The first-order chi connectivity index (χ1) is 6.77. The first-order valence-corrected chi connectivity index (χ1v) is 4.65. The molecule has 0 atom stereocenters. The Kier molecular flexibility index (Phi) is 4.07. The average molecular weight is 196 g/mol. The fourth-order valence-electron chi connectivity index (χ4n) is 1.13. The molecule has 0 saturated heterocycles. The van der Waals surface area contributed by atoms with E-state index in [2.05, 4.69) is 5.32 Å². The highest BCUT2D eigenvalue weighted by molar-refractivity contribution is 5.68. The van der Waals surface area contributed by atoms with Crippen molar-refractivity contribution in [3.05, 3.63) is 18.2 Å². The molecule has 0 unspecified atom stereocenters. The number of nitrogens with one attached hydrogen (secondary N) is 1. The van der Waals surface area contributed by atoms with Gasteiger partial charge >= 0.3 is 0 Å². The number of ether oxygens (including phenoxy) is 1. The van der Waals surface area contributed by atoms with Gasteiger partial charge in [-0.05, 0) is 19.1 Å². The quantitative estimate of drug-likeness (QED) is 0.616. The summed E-state index contributed by atoms with van der Waals surface area (Å²) in [7, 11) is 0. The lowest BCUT2D eigenvalue weighted by atomic mass is 10.2. The molecule has 1 rings (SSSR count). The fourth-order valence-corrected chi connectivity index (χ4v) is 1.13. The van der Waals surface area contributed by atoms with Crippen LogP contribution >= 0.6 is 0 Å². The summed E-state index contributed by atoms with van der Waals surface area (Å²) in [6.07, 6.45) is 0. The summed E-state index contributed by atoms with van der Waals surface area (Å²) in [6, 6.07) is 5.39. The van der Waals surface area contributed by atoms with Gasteiger partial charge in [0, 0.05) is 12.6 Å². The smallest absolute Gasteiger partial charge is 0.121 e. The first-order valence-electron chi connectivity index (χ1n) is 4.65. The van der Waals surface area contributed by atoms with E-state index in [4.69, 9.17) is 15.6 Å². The molecular weight excluding hydrogens is 180 g/mol. The summed E-state index contributed by atoms with van der Waals surface area (Å²) in [6.45, 7) is 3.13. The van der Waals surface area contributed by atoms with Gasteiger partial charge in [-0.15, -0.1) is 0 Å². The van der Waals surface area contributed by atoms with E-state index >= 15 is 0 Å². The summed E-state index contributed by atoms with van der Waals surface area (Å²) in [5.74, 6) is 0.712. The molecule has 0 amide bonds. The van der Waals surface area contributed by atoms with E-state index in [0.29, 0.717) is 18.0 Å². The minimum absolute atomic E-state index is 0.0148. The second kappa shape index (κ2) is 5.34. The highest BCUT2D eigenvalue weighted by Gasteiger charge is 2.00. The molecule has 0 heterocycles. The van der Waals surface area contributed by atoms with E-state index in [1.54, 1.807) is 12.1 Å². The van der Waals surface area contributed by atoms with Crippen LogP contribution in [0.2, 0.25) is 0 Å². The molecule has 0 aliphatic carbocycles. The number of nitrogens with two attached hydrogens (primary N) is 1. The van der Waals surface area contributed by atoms with Crippen LogP contribution in [-0.2, 0) is 0 Å². The average Bonchev–Trinajstić information content (AvgIpc) is 2.19. The van der Waals surface area contributed by atoms with E-state index in [9.17, 15) is 0 Å². The molecule has 0 aromatic heterocycles.